The molecule has 0 aliphatic carbocycles. The van der Waals surface area contributed by atoms with Crippen LogP contribution in [0.15, 0.2) is 162 Å². The number of aromatic nitrogens is 4. The third kappa shape index (κ3) is 4.30. The molecule has 11 rings (SSSR count). The lowest BCUT2D eigenvalue weighted by Crippen LogP contribution is -2.06. The standard InChI is InChI=1S/C45H26N4OS/c1-3-12-27(13-4-1)30-18-11-20-37-40(30)34-23-22-29(26-38(34)50-37)44-46-43(28-14-5-2-6-15-28)47-45(48-44)49-35-19-9-7-17-33(35)41-36(49)25-24-32-31-16-8-10-21-39(31)51-42(32)41/h1-26H. The monoisotopic (exact) mass is 670 g/mol. The summed E-state index contributed by atoms with van der Waals surface area (Å²) in [4.78, 5) is 15.5. The Morgan fingerprint density at radius 2 is 1.16 bits per heavy atom. The van der Waals surface area contributed by atoms with E-state index in [-0.39, 0.29) is 0 Å². The summed E-state index contributed by atoms with van der Waals surface area (Å²) in [6.45, 7) is 0. The maximum absolute atomic E-state index is 6.50. The molecule has 0 N–H and O–H groups in total. The molecular weight excluding hydrogens is 645 g/mol. The maximum atomic E-state index is 6.50. The third-order valence-electron chi connectivity index (χ3n) is 9.88. The van der Waals surface area contributed by atoms with Crippen LogP contribution < -0.4 is 0 Å². The largest absolute Gasteiger partial charge is 0.456 e. The molecule has 5 nitrogen and oxygen atoms in total. The van der Waals surface area contributed by atoms with E-state index in [1.54, 1.807) is 0 Å². The van der Waals surface area contributed by atoms with Gasteiger partial charge >= 0.3 is 0 Å². The summed E-state index contributed by atoms with van der Waals surface area (Å²) in [5, 5.41) is 7.09. The Kier molecular flexibility index (Phi) is 6.05. The second-order valence-corrected chi connectivity index (χ2v) is 13.8. The van der Waals surface area contributed by atoms with Gasteiger partial charge in [0.15, 0.2) is 11.6 Å². The van der Waals surface area contributed by atoms with Gasteiger partial charge in [-0.1, -0.05) is 121 Å². The number of fused-ring (bicyclic) bond motifs is 10. The second-order valence-electron chi connectivity index (χ2n) is 12.8. The van der Waals surface area contributed by atoms with E-state index < -0.39 is 0 Å². The van der Waals surface area contributed by atoms with Crippen molar-refractivity contribution in [3.05, 3.63) is 158 Å². The number of thiophene rings is 1. The molecule has 0 fully saturated rings. The lowest BCUT2D eigenvalue weighted by molar-refractivity contribution is 0.669. The fraction of sp³-hybridized carbons (Fsp3) is 0. The molecule has 238 valence electrons. The van der Waals surface area contributed by atoms with Crippen LogP contribution in [0.25, 0.3) is 104 Å². The Labute approximate surface area is 295 Å². The smallest absolute Gasteiger partial charge is 0.238 e. The predicted octanol–water partition coefficient (Wildman–Crippen LogP) is 12.2. The molecular formula is C45H26N4OS. The van der Waals surface area contributed by atoms with Gasteiger partial charge in [-0.25, -0.2) is 4.98 Å². The Balaban J connectivity index is 1.16. The van der Waals surface area contributed by atoms with Crippen LogP contribution in [-0.4, -0.2) is 19.5 Å². The fourth-order valence-electron chi connectivity index (χ4n) is 7.58. The van der Waals surface area contributed by atoms with Gasteiger partial charge in [0.25, 0.3) is 0 Å². The van der Waals surface area contributed by atoms with Gasteiger partial charge in [0, 0.05) is 52.8 Å². The molecule has 0 spiro atoms. The van der Waals surface area contributed by atoms with Gasteiger partial charge in [0.1, 0.15) is 11.2 Å². The van der Waals surface area contributed by atoms with Gasteiger partial charge in [0.05, 0.1) is 11.0 Å². The van der Waals surface area contributed by atoms with Crippen molar-refractivity contribution in [2.45, 2.75) is 0 Å². The molecule has 4 aromatic heterocycles. The minimum atomic E-state index is 0.571. The van der Waals surface area contributed by atoms with Gasteiger partial charge in [-0.2, -0.15) is 9.97 Å². The predicted molar refractivity (Wildman–Crippen MR) is 211 cm³/mol. The number of benzene rings is 7. The van der Waals surface area contributed by atoms with Crippen molar-refractivity contribution >= 4 is 75.3 Å². The number of nitrogens with zero attached hydrogens (tertiary/aromatic N) is 4. The van der Waals surface area contributed by atoms with Crippen LogP contribution in [0.3, 0.4) is 0 Å². The van der Waals surface area contributed by atoms with E-state index in [9.17, 15) is 0 Å². The number of rotatable bonds is 4. The zero-order chi connectivity index (χ0) is 33.5. The van der Waals surface area contributed by atoms with Crippen LogP contribution in [0.1, 0.15) is 0 Å². The van der Waals surface area contributed by atoms with Crippen molar-refractivity contribution in [2.75, 3.05) is 0 Å². The van der Waals surface area contributed by atoms with E-state index >= 15 is 0 Å². The van der Waals surface area contributed by atoms with Crippen LogP contribution in [0.4, 0.5) is 0 Å². The fourth-order valence-corrected chi connectivity index (χ4v) is 8.84. The Bertz CT molecular complexity index is 3140. The first-order valence-electron chi connectivity index (χ1n) is 16.9. The third-order valence-corrected chi connectivity index (χ3v) is 11.1. The van der Waals surface area contributed by atoms with E-state index in [4.69, 9.17) is 19.4 Å². The summed E-state index contributed by atoms with van der Waals surface area (Å²) in [5.41, 5.74) is 7.84. The van der Waals surface area contributed by atoms with Crippen molar-refractivity contribution < 1.29 is 4.42 Å². The first kappa shape index (κ1) is 28.2. The molecule has 0 aliphatic rings. The highest BCUT2D eigenvalue weighted by atomic mass is 32.1. The maximum Gasteiger partial charge on any atom is 0.238 e. The molecule has 0 unspecified atom stereocenters. The SMILES string of the molecule is c1ccc(-c2nc(-c3ccc4c(c3)oc3cccc(-c5ccccc5)c34)nc(-n3c4ccccc4c4c5sc6ccccc6c5ccc43)n2)cc1. The second kappa shape index (κ2) is 10.9. The molecule has 6 heteroatoms. The van der Waals surface area contributed by atoms with Crippen LogP contribution in [0.5, 0.6) is 0 Å². The molecule has 0 saturated heterocycles. The summed E-state index contributed by atoms with van der Waals surface area (Å²) in [5.74, 6) is 1.76. The molecule has 0 aliphatic heterocycles. The van der Waals surface area contributed by atoms with Crippen molar-refractivity contribution in [1.29, 1.82) is 0 Å². The summed E-state index contributed by atoms with van der Waals surface area (Å²) in [6.07, 6.45) is 0. The molecule has 11 aromatic rings. The van der Waals surface area contributed by atoms with Crippen LogP contribution in [-0.2, 0) is 0 Å². The van der Waals surface area contributed by atoms with Crippen LogP contribution >= 0.6 is 11.3 Å². The van der Waals surface area contributed by atoms with Crippen molar-refractivity contribution in [1.82, 2.24) is 19.5 Å². The van der Waals surface area contributed by atoms with Crippen LogP contribution in [0.2, 0.25) is 0 Å². The molecule has 4 heterocycles. The van der Waals surface area contributed by atoms with E-state index in [0.29, 0.717) is 17.6 Å². The summed E-state index contributed by atoms with van der Waals surface area (Å²) >= 11 is 1.84. The van der Waals surface area contributed by atoms with Crippen molar-refractivity contribution in [2.24, 2.45) is 0 Å². The van der Waals surface area contributed by atoms with Gasteiger partial charge in [-0.3, -0.25) is 4.57 Å². The number of hydrogen-bond donors (Lipinski definition) is 0. The Hall–Kier alpha value is -6.63. The minimum absolute atomic E-state index is 0.571. The highest BCUT2D eigenvalue weighted by Gasteiger charge is 2.21. The molecule has 0 radical (unpaired) electrons. The van der Waals surface area contributed by atoms with Gasteiger partial charge < -0.3 is 4.42 Å². The Morgan fingerprint density at radius 3 is 2.00 bits per heavy atom. The topological polar surface area (TPSA) is 56.7 Å². The molecule has 0 amide bonds. The highest BCUT2D eigenvalue weighted by molar-refractivity contribution is 7.26. The zero-order valence-corrected chi connectivity index (χ0v) is 27.9. The molecule has 7 aromatic carbocycles. The summed E-state index contributed by atoms with van der Waals surface area (Å²) in [7, 11) is 0. The number of para-hydroxylation sites is 1. The normalized spacial score (nSPS) is 11.9. The first-order valence-corrected chi connectivity index (χ1v) is 17.8. The van der Waals surface area contributed by atoms with Crippen molar-refractivity contribution in [3.63, 3.8) is 0 Å². The first-order chi connectivity index (χ1) is 25.3. The zero-order valence-electron chi connectivity index (χ0n) is 27.1. The average molecular weight is 671 g/mol. The van der Waals surface area contributed by atoms with E-state index in [0.717, 1.165) is 55.2 Å². The van der Waals surface area contributed by atoms with E-state index in [2.05, 4.69) is 120 Å². The lowest BCUT2D eigenvalue weighted by Gasteiger charge is -2.11. The molecule has 0 saturated carbocycles. The molecule has 51 heavy (non-hydrogen) atoms. The summed E-state index contributed by atoms with van der Waals surface area (Å²) < 4.78 is 11.2. The molecule has 0 atom stereocenters. The quantitative estimate of drug-likeness (QED) is 0.187. The van der Waals surface area contributed by atoms with Gasteiger partial charge in [-0.05, 0) is 47.5 Å². The van der Waals surface area contributed by atoms with Gasteiger partial charge in [0.2, 0.25) is 5.95 Å². The average Bonchev–Trinajstić information content (AvgIpc) is 3.87. The highest BCUT2D eigenvalue weighted by Crippen LogP contribution is 2.43. The Morgan fingerprint density at radius 1 is 0.451 bits per heavy atom. The van der Waals surface area contributed by atoms with Gasteiger partial charge in [-0.15, -0.1) is 11.3 Å². The van der Waals surface area contributed by atoms with Crippen molar-refractivity contribution in [3.8, 4) is 39.9 Å². The number of hydrogen-bond acceptors (Lipinski definition) is 5. The van der Waals surface area contributed by atoms with E-state index in [1.165, 1.54) is 30.9 Å². The number of furan rings is 1. The summed E-state index contributed by atoms with van der Waals surface area (Å²) in [6, 6.07) is 54.8. The minimum Gasteiger partial charge on any atom is -0.456 e. The van der Waals surface area contributed by atoms with Crippen LogP contribution in [0, 0.1) is 0 Å². The van der Waals surface area contributed by atoms with E-state index in [1.807, 2.05) is 53.8 Å². The molecule has 0 bridgehead atoms. The lowest BCUT2D eigenvalue weighted by atomic mass is 9.99.